The summed E-state index contributed by atoms with van der Waals surface area (Å²) in [7, 11) is 0. The van der Waals surface area contributed by atoms with Crippen LogP contribution in [0.15, 0.2) is 108 Å². The fourth-order valence-corrected chi connectivity index (χ4v) is 6.43. The molecule has 2 aromatic heterocycles. The lowest BCUT2D eigenvalue weighted by Gasteiger charge is -2.25. The maximum atomic E-state index is 14.0. The van der Waals surface area contributed by atoms with E-state index in [0.29, 0.717) is 0 Å². The summed E-state index contributed by atoms with van der Waals surface area (Å²) in [6, 6.07) is 35.8. The quantitative estimate of drug-likeness (QED) is 0.182. The van der Waals surface area contributed by atoms with E-state index in [9.17, 15) is 4.79 Å². The number of hydrogen-bond donors (Lipinski definition) is 0. The molecule has 5 aromatic carbocycles. The van der Waals surface area contributed by atoms with E-state index in [1.807, 2.05) is 22.6 Å². The van der Waals surface area contributed by atoms with E-state index in [4.69, 9.17) is 0 Å². The standard InChI is InChI=1S/C31H17N3O/c35-31-22-10-2-1-8-18(22)20-11-5-15-25-29(20)34(31)27-17-7-16-26-30(27)33(25)24-14-6-12-21-19-9-3-4-13-23(19)32(26)28(21)24/h1-17H. The van der Waals surface area contributed by atoms with Crippen molar-refractivity contribution in [2.75, 3.05) is 0 Å². The van der Waals surface area contributed by atoms with Gasteiger partial charge in [-0.2, -0.15) is 0 Å². The molecule has 2 aliphatic rings. The van der Waals surface area contributed by atoms with Gasteiger partial charge in [0.1, 0.15) is 0 Å². The third kappa shape index (κ3) is 1.87. The van der Waals surface area contributed by atoms with Crippen molar-refractivity contribution in [3.05, 3.63) is 113 Å². The lowest BCUT2D eigenvalue weighted by atomic mass is 10.0. The van der Waals surface area contributed by atoms with Crippen molar-refractivity contribution in [3.63, 3.8) is 0 Å². The molecule has 4 heterocycles. The van der Waals surface area contributed by atoms with Gasteiger partial charge in [-0.05, 0) is 41.8 Å². The summed E-state index contributed by atoms with van der Waals surface area (Å²) >= 11 is 0. The Bertz CT molecular complexity index is 2350. The smallest absolute Gasteiger partial charge is 0.263 e. The van der Waals surface area contributed by atoms with Crippen LogP contribution in [0, 0.1) is 0 Å². The van der Waals surface area contributed by atoms with Crippen LogP contribution in [-0.4, -0.2) is 13.4 Å². The molecule has 2 aliphatic heterocycles. The third-order valence-corrected chi connectivity index (χ3v) is 7.74. The van der Waals surface area contributed by atoms with Gasteiger partial charge in [0.25, 0.3) is 5.56 Å². The minimum absolute atomic E-state index is 0.0231. The molecular weight excluding hydrogens is 430 g/mol. The maximum absolute atomic E-state index is 14.0. The Kier molecular flexibility index (Phi) is 2.92. The highest BCUT2D eigenvalue weighted by molar-refractivity contribution is 6.18. The zero-order valence-electron chi connectivity index (χ0n) is 18.6. The Balaban J connectivity index is 1.75. The van der Waals surface area contributed by atoms with E-state index in [1.165, 1.54) is 21.8 Å². The average molecular weight is 447 g/mol. The third-order valence-electron chi connectivity index (χ3n) is 7.74. The van der Waals surface area contributed by atoms with E-state index in [2.05, 4.69) is 93.9 Å². The van der Waals surface area contributed by atoms with Crippen LogP contribution in [0.5, 0.6) is 0 Å². The summed E-state index contributed by atoms with van der Waals surface area (Å²) in [4.78, 5) is 14.0. The van der Waals surface area contributed by atoms with Crippen LogP contribution < -0.4 is 5.56 Å². The molecule has 162 valence electrons. The predicted molar refractivity (Wildman–Crippen MR) is 144 cm³/mol. The van der Waals surface area contributed by atoms with Crippen LogP contribution in [0.3, 0.4) is 0 Å². The SMILES string of the molecule is O=c1c2ccccc2c2cccc3c2n1c1cccc2c1-n3c1cccc3c4ccccc4n2c31. The number of aromatic nitrogens is 3. The van der Waals surface area contributed by atoms with Gasteiger partial charge < -0.3 is 8.97 Å². The molecule has 0 N–H and O–H groups in total. The summed E-state index contributed by atoms with van der Waals surface area (Å²) in [5, 5.41) is 5.30. The molecule has 0 amide bonds. The van der Waals surface area contributed by atoms with Gasteiger partial charge in [-0.25, -0.2) is 0 Å². The van der Waals surface area contributed by atoms with E-state index in [1.54, 1.807) is 0 Å². The van der Waals surface area contributed by atoms with Crippen molar-refractivity contribution in [1.82, 2.24) is 13.4 Å². The monoisotopic (exact) mass is 447 g/mol. The Morgan fingerprint density at radius 2 is 0.886 bits per heavy atom. The molecule has 4 nitrogen and oxygen atoms in total. The van der Waals surface area contributed by atoms with Crippen molar-refractivity contribution >= 4 is 65.5 Å². The molecule has 0 spiro atoms. The van der Waals surface area contributed by atoms with Crippen molar-refractivity contribution in [2.24, 2.45) is 0 Å². The molecular formula is C31H17N3O. The minimum atomic E-state index is 0.0231. The first-order chi connectivity index (χ1) is 17.3. The van der Waals surface area contributed by atoms with Gasteiger partial charge in [-0.1, -0.05) is 66.7 Å². The molecule has 0 atom stereocenters. The number of para-hydroxylation sites is 4. The van der Waals surface area contributed by atoms with Crippen LogP contribution in [0.25, 0.3) is 71.2 Å². The first-order valence-corrected chi connectivity index (χ1v) is 11.9. The second kappa shape index (κ2) is 5.80. The van der Waals surface area contributed by atoms with E-state index >= 15 is 0 Å². The lowest BCUT2D eigenvalue weighted by molar-refractivity contribution is 1.07. The minimum Gasteiger partial charge on any atom is -0.305 e. The Morgan fingerprint density at radius 3 is 1.66 bits per heavy atom. The predicted octanol–water partition coefficient (Wildman–Crippen LogP) is 6.98. The van der Waals surface area contributed by atoms with Gasteiger partial charge in [-0.15, -0.1) is 0 Å². The van der Waals surface area contributed by atoms with Gasteiger partial charge in [0, 0.05) is 21.5 Å². The largest absolute Gasteiger partial charge is 0.305 e. The Labute approximate surface area is 198 Å². The van der Waals surface area contributed by atoms with Gasteiger partial charge >= 0.3 is 0 Å². The molecule has 0 radical (unpaired) electrons. The molecule has 7 aromatic rings. The topological polar surface area (TPSA) is 30.8 Å². The summed E-state index contributed by atoms with van der Waals surface area (Å²) in [6.07, 6.45) is 0. The molecule has 0 aliphatic carbocycles. The second-order valence-electron chi connectivity index (χ2n) is 9.37. The summed E-state index contributed by atoms with van der Waals surface area (Å²) in [6.45, 7) is 0. The first kappa shape index (κ1) is 17.6. The molecule has 0 bridgehead atoms. The number of benzene rings is 5. The molecule has 9 rings (SSSR count). The molecule has 0 saturated heterocycles. The lowest BCUT2D eigenvalue weighted by Crippen LogP contribution is -2.20. The zero-order valence-corrected chi connectivity index (χ0v) is 18.6. The highest BCUT2D eigenvalue weighted by Gasteiger charge is 2.25. The van der Waals surface area contributed by atoms with Crippen molar-refractivity contribution in [2.45, 2.75) is 0 Å². The first-order valence-electron chi connectivity index (χ1n) is 11.9. The Hall–Kier alpha value is -4.83. The van der Waals surface area contributed by atoms with Gasteiger partial charge in [0.2, 0.25) is 0 Å². The normalized spacial score (nSPS) is 12.7. The van der Waals surface area contributed by atoms with Crippen LogP contribution in [0.4, 0.5) is 0 Å². The van der Waals surface area contributed by atoms with Crippen molar-refractivity contribution < 1.29 is 0 Å². The highest BCUT2D eigenvalue weighted by Crippen LogP contribution is 2.41. The van der Waals surface area contributed by atoms with E-state index in [0.717, 1.165) is 49.4 Å². The van der Waals surface area contributed by atoms with Crippen LogP contribution in [0.1, 0.15) is 0 Å². The van der Waals surface area contributed by atoms with Gasteiger partial charge in [0.05, 0.1) is 44.3 Å². The number of hydrogen-bond acceptors (Lipinski definition) is 1. The number of pyridine rings is 1. The van der Waals surface area contributed by atoms with Crippen molar-refractivity contribution in [3.8, 4) is 5.69 Å². The number of rotatable bonds is 0. The van der Waals surface area contributed by atoms with E-state index in [-0.39, 0.29) is 5.56 Å². The summed E-state index contributed by atoms with van der Waals surface area (Å²) in [5.74, 6) is 0. The fraction of sp³-hybridized carbons (Fsp3) is 0. The highest BCUT2D eigenvalue weighted by atomic mass is 16.1. The summed E-state index contributed by atoms with van der Waals surface area (Å²) in [5.41, 5.74) is 8.60. The van der Waals surface area contributed by atoms with Crippen LogP contribution in [0.2, 0.25) is 0 Å². The van der Waals surface area contributed by atoms with Gasteiger partial charge in [0.15, 0.2) is 0 Å². The van der Waals surface area contributed by atoms with Crippen LogP contribution >= 0.6 is 0 Å². The number of nitrogens with zero attached hydrogens (tertiary/aromatic N) is 3. The molecule has 4 heteroatoms. The summed E-state index contributed by atoms with van der Waals surface area (Å²) < 4.78 is 6.66. The van der Waals surface area contributed by atoms with E-state index < -0.39 is 0 Å². The Morgan fingerprint density at radius 1 is 0.400 bits per heavy atom. The van der Waals surface area contributed by atoms with Crippen LogP contribution in [-0.2, 0) is 0 Å². The number of fused-ring (bicyclic) bond motifs is 9. The average Bonchev–Trinajstić information content (AvgIpc) is 3.25. The maximum Gasteiger partial charge on any atom is 0.263 e. The molecule has 0 fully saturated rings. The molecule has 35 heavy (non-hydrogen) atoms. The molecule has 0 saturated carbocycles. The fourth-order valence-electron chi connectivity index (χ4n) is 6.43. The zero-order chi connectivity index (χ0) is 22.8. The second-order valence-corrected chi connectivity index (χ2v) is 9.37. The van der Waals surface area contributed by atoms with Crippen molar-refractivity contribution in [1.29, 1.82) is 0 Å². The molecule has 0 unspecified atom stereocenters. The van der Waals surface area contributed by atoms with Gasteiger partial charge in [-0.3, -0.25) is 9.20 Å².